The van der Waals surface area contributed by atoms with Gasteiger partial charge in [0.1, 0.15) is 12.6 Å². The third-order valence-corrected chi connectivity index (χ3v) is 7.71. The van der Waals surface area contributed by atoms with Gasteiger partial charge in [0.25, 0.3) is 5.69 Å². The molecule has 0 aliphatic carbocycles. The zero-order valence-corrected chi connectivity index (χ0v) is 24.1. The molecule has 13 heteroatoms. The third kappa shape index (κ3) is 8.17. The number of nitro groups is 1. The fourth-order valence-electron chi connectivity index (χ4n) is 4.05. The smallest absolute Gasteiger partial charge is 0.271 e. The molecule has 0 saturated heterocycles. The van der Waals surface area contributed by atoms with E-state index in [0.717, 1.165) is 22.2 Å². The summed E-state index contributed by atoms with van der Waals surface area (Å²) in [5, 5.41) is 14.7. The van der Waals surface area contributed by atoms with Crippen LogP contribution in [0.1, 0.15) is 18.1 Å². The van der Waals surface area contributed by atoms with Crippen molar-refractivity contribution < 1.29 is 22.9 Å². The molecular formula is C27H28Cl2N4O6S. The van der Waals surface area contributed by atoms with Crippen LogP contribution in [0.4, 0.5) is 11.4 Å². The van der Waals surface area contributed by atoms with Crippen LogP contribution in [0.25, 0.3) is 0 Å². The molecule has 3 aromatic carbocycles. The van der Waals surface area contributed by atoms with Gasteiger partial charge in [-0.3, -0.25) is 24.0 Å². The van der Waals surface area contributed by atoms with E-state index >= 15 is 0 Å². The molecule has 0 saturated carbocycles. The Kier molecular flexibility index (Phi) is 10.5. The first-order chi connectivity index (χ1) is 18.9. The highest BCUT2D eigenvalue weighted by Gasteiger charge is 2.33. The first-order valence-corrected chi connectivity index (χ1v) is 14.8. The van der Waals surface area contributed by atoms with Crippen molar-refractivity contribution in [2.75, 3.05) is 23.7 Å². The lowest BCUT2D eigenvalue weighted by Gasteiger charge is -2.33. The summed E-state index contributed by atoms with van der Waals surface area (Å²) >= 11 is 12.5. The van der Waals surface area contributed by atoms with Gasteiger partial charge in [0.05, 0.1) is 16.9 Å². The molecule has 10 nitrogen and oxygen atoms in total. The summed E-state index contributed by atoms with van der Waals surface area (Å²) in [6.07, 6.45) is 1.03. The van der Waals surface area contributed by atoms with E-state index in [1.54, 1.807) is 31.2 Å². The molecule has 0 aliphatic rings. The Morgan fingerprint density at radius 3 is 2.33 bits per heavy atom. The summed E-state index contributed by atoms with van der Waals surface area (Å²) in [7, 11) is -4.07. The summed E-state index contributed by atoms with van der Waals surface area (Å²) in [5.74, 6) is -1.15. The Morgan fingerprint density at radius 1 is 1.02 bits per heavy atom. The van der Waals surface area contributed by atoms with E-state index in [2.05, 4.69) is 5.32 Å². The molecule has 1 N–H and O–H groups in total. The van der Waals surface area contributed by atoms with Crippen molar-refractivity contribution in [1.82, 2.24) is 10.2 Å². The summed E-state index contributed by atoms with van der Waals surface area (Å²) in [5.41, 5.74) is 0.861. The molecule has 0 heterocycles. The van der Waals surface area contributed by atoms with Crippen molar-refractivity contribution in [3.05, 3.63) is 104 Å². The Labute approximate surface area is 242 Å². The average molecular weight is 608 g/mol. The van der Waals surface area contributed by atoms with E-state index in [9.17, 15) is 28.1 Å². The van der Waals surface area contributed by atoms with Gasteiger partial charge in [0.2, 0.25) is 21.8 Å². The minimum Gasteiger partial charge on any atom is -0.355 e. The Bertz CT molecular complexity index is 1490. The molecule has 0 aliphatic heterocycles. The highest BCUT2D eigenvalue weighted by Crippen LogP contribution is 2.26. The number of benzene rings is 3. The first kappa shape index (κ1) is 30.9. The van der Waals surface area contributed by atoms with Crippen LogP contribution in [-0.4, -0.2) is 55.4 Å². The number of nitro benzene ring substituents is 1. The fraction of sp³-hybridized carbons (Fsp3) is 0.259. The van der Waals surface area contributed by atoms with Gasteiger partial charge in [-0.2, -0.15) is 0 Å². The number of sulfonamides is 1. The number of amides is 2. The summed E-state index contributed by atoms with van der Waals surface area (Å²) in [6.45, 7) is 1.20. The maximum absolute atomic E-state index is 14.0. The number of anilines is 1. The third-order valence-electron chi connectivity index (χ3n) is 5.99. The standard InChI is InChI=1S/C27H28Cl2N4O6S/c1-3-30-27(35)25(14-19-8-5-4-6-9-19)31(17-20-12-13-21(28)15-24(20)29)26(34)18-32(40(2,38)39)22-10-7-11-23(16-22)33(36)37/h4-13,15-16,25H,3,14,17-18H2,1-2H3,(H,30,35). The second-order valence-electron chi connectivity index (χ2n) is 8.90. The molecule has 212 valence electrons. The van der Waals surface area contributed by atoms with E-state index in [-0.39, 0.29) is 29.4 Å². The van der Waals surface area contributed by atoms with Gasteiger partial charge in [-0.1, -0.05) is 65.7 Å². The monoisotopic (exact) mass is 606 g/mol. The van der Waals surface area contributed by atoms with Crippen LogP contribution in [0.5, 0.6) is 0 Å². The zero-order chi connectivity index (χ0) is 29.4. The highest BCUT2D eigenvalue weighted by atomic mass is 35.5. The Balaban J connectivity index is 2.08. The van der Waals surface area contributed by atoms with Gasteiger partial charge in [0.15, 0.2) is 0 Å². The number of nitrogens with one attached hydrogen (secondary N) is 1. The van der Waals surface area contributed by atoms with E-state index in [1.165, 1.54) is 29.2 Å². The van der Waals surface area contributed by atoms with Crippen LogP contribution >= 0.6 is 23.2 Å². The largest absolute Gasteiger partial charge is 0.355 e. The average Bonchev–Trinajstić information content (AvgIpc) is 2.90. The topological polar surface area (TPSA) is 130 Å². The second kappa shape index (κ2) is 13.6. The molecule has 3 rings (SSSR count). The van der Waals surface area contributed by atoms with Crippen LogP contribution in [-0.2, 0) is 32.6 Å². The molecule has 0 bridgehead atoms. The number of carbonyl (C=O) groups excluding carboxylic acids is 2. The van der Waals surface area contributed by atoms with E-state index < -0.39 is 39.3 Å². The normalized spacial score (nSPS) is 11.9. The summed E-state index contributed by atoms with van der Waals surface area (Å²) in [6, 6.07) is 17.7. The van der Waals surface area contributed by atoms with Crippen LogP contribution in [0.2, 0.25) is 10.0 Å². The van der Waals surface area contributed by atoms with Gasteiger partial charge in [-0.25, -0.2) is 8.42 Å². The number of likely N-dealkylation sites (N-methyl/N-ethyl adjacent to an activating group) is 1. The number of carbonyl (C=O) groups is 2. The second-order valence-corrected chi connectivity index (χ2v) is 11.7. The molecule has 0 fully saturated rings. The van der Waals surface area contributed by atoms with Crippen LogP contribution < -0.4 is 9.62 Å². The molecule has 0 radical (unpaired) electrons. The number of hydrogen-bond acceptors (Lipinski definition) is 6. The molecule has 0 aromatic heterocycles. The summed E-state index contributed by atoms with van der Waals surface area (Å²) < 4.78 is 26.4. The summed E-state index contributed by atoms with van der Waals surface area (Å²) in [4.78, 5) is 39.2. The lowest BCUT2D eigenvalue weighted by Crippen LogP contribution is -2.53. The molecular weight excluding hydrogens is 579 g/mol. The minimum absolute atomic E-state index is 0.0628. The number of non-ortho nitro benzene ring substituents is 1. The number of rotatable bonds is 12. The van der Waals surface area contributed by atoms with Gasteiger partial charge in [-0.05, 0) is 36.2 Å². The quantitative estimate of drug-likeness (QED) is 0.239. The van der Waals surface area contributed by atoms with Crippen LogP contribution in [0.3, 0.4) is 0 Å². The molecule has 2 amide bonds. The van der Waals surface area contributed by atoms with E-state index in [0.29, 0.717) is 17.1 Å². The van der Waals surface area contributed by atoms with Crippen molar-refractivity contribution in [2.45, 2.75) is 25.9 Å². The zero-order valence-electron chi connectivity index (χ0n) is 21.8. The van der Waals surface area contributed by atoms with Crippen LogP contribution in [0, 0.1) is 10.1 Å². The molecule has 1 unspecified atom stereocenters. The maximum atomic E-state index is 14.0. The molecule has 1 atom stereocenters. The van der Waals surface area contributed by atoms with E-state index in [4.69, 9.17) is 23.2 Å². The lowest BCUT2D eigenvalue weighted by molar-refractivity contribution is -0.384. The highest BCUT2D eigenvalue weighted by molar-refractivity contribution is 7.92. The van der Waals surface area contributed by atoms with Crippen molar-refractivity contribution in [3.8, 4) is 0 Å². The van der Waals surface area contributed by atoms with Gasteiger partial charge in [-0.15, -0.1) is 0 Å². The fourth-order valence-corrected chi connectivity index (χ4v) is 5.36. The Morgan fingerprint density at radius 2 is 1.73 bits per heavy atom. The molecule has 40 heavy (non-hydrogen) atoms. The van der Waals surface area contributed by atoms with Crippen molar-refractivity contribution in [2.24, 2.45) is 0 Å². The maximum Gasteiger partial charge on any atom is 0.271 e. The minimum atomic E-state index is -4.07. The van der Waals surface area contributed by atoms with Crippen molar-refractivity contribution in [1.29, 1.82) is 0 Å². The SMILES string of the molecule is CCNC(=O)C(Cc1ccccc1)N(Cc1ccc(Cl)cc1Cl)C(=O)CN(c1cccc([N+](=O)[O-])c1)S(C)(=O)=O. The number of nitrogens with zero attached hydrogens (tertiary/aromatic N) is 3. The predicted octanol–water partition coefficient (Wildman–Crippen LogP) is 4.44. The molecule has 3 aromatic rings. The predicted molar refractivity (Wildman–Crippen MR) is 155 cm³/mol. The number of hydrogen-bond donors (Lipinski definition) is 1. The van der Waals surface area contributed by atoms with Crippen LogP contribution in [0.15, 0.2) is 72.8 Å². The van der Waals surface area contributed by atoms with Gasteiger partial charge in [0, 0.05) is 41.7 Å². The number of halogens is 2. The van der Waals surface area contributed by atoms with E-state index in [1.807, 2.05) is 18.2 Å². The van der Waals surface area contributed by atoms with Crippen molar-refractivity contribution >= 4 is 56.4 Å². The lowest BCUT2D eigenvalue weighted by atomic mass is 10.0. The molecule has 0 spiro atoms. The Hall–Kier alpha value is -3.67. The van der Waals surface area contributed by atoms with Gasteiger partial charge < -0.3 is 10.2 Å². The van der Waals surface area contributed by atoms with Gasteiger partial charge >= 0.3 is 0 Å². The first-order valence-electron chi connectivity index (χ1n) is 12.2. The van der Waals surface area contributed by atoms with Crippen molar-refractivity contribution in [3.63, 3.8) is 0 Å².